The predicted molar refractivity (Wildman–Crippen MR) is 53.9 cm³/mol. The van der Waals surface area contributed by atoms with E-state index in [1.54, 1.807) is 13.8 Å². The third kappa shape index (κ3) is 103. The van der Waals surface area contributed by atoms with Gasteiger partial charge in [0.15, 0.2) is 0 Å². The molecule has 0 radical (unpaired) electrons. The van der Waals surface area contributed by atoms with Gasteiger partial charge >= 0.3 is 0 Å². The lowest BCUT2D eigenvalue weighted by Gasteiger charge is -1.96. The number of Topliss-reactive ketones (excluding diaryl/α,β-unsaturated/α-hetero) is 1. The van der Waals surface area contributed by atoms with Gasteiger partial charge in [0.25, 0.3) is 0 Å². The molecule has 0 amide bonds. The minimum Gasteiger partial charge on any atom is -0.394 e. The van der Waals surface area contributed by atoms with E-state index in [-0.39, 0.29) is 25.1 Å². The number of aliphatic hydroxyl groups is 4. The molecule has 0 aliphatic heterocycles. The SMILES string of the molecule is CC(C)=O.CC(C)O.OCC(O)CO. The number of aliphatic hydroxyl groups excluding tert-OH is 4. The standard InChI is InChI=1S/C3H8O3.C3H8O.C3H6O/c4-1-3(6)2-5;2*1-3(2)4/h3-6H,1-2H2;3-4H,1-2H3;1-2H3. The Morgan fingerprint density at radius 1 is 1.07 bits per heavy atom. The highest BCUT2D eigenvalue weighted by molar-refractivity contribution is 5.72. The molecule has 14 heavy (non-hydrogen) atoms. The van der Waals surface area contributed by atoms with Gasteiger partial charge < -0.3 is 25.2 Å². The molecule has 0 aliphatic rings. The predicted octanol–water partition coefficient (Wildman–Crippen LogP) is -0.686. The van der Waals surface area contributed by atoms with Crippen LogP contribution in [-0.2, 0) is 4.79 Å². The molecule has 0 spiro atoms. The topological polar surface area (TPSA) is 98.0 Å². The van der Waals surface area contributed by atoms with E-state index in [0.29, 0.717) is 0 Å². The molecule has 0 fully saturated rings. The molecule has 5 nitrogen and oxygen atoms in total. The van der Waals surface area contributed by atoms with Crippen molar-refractivity contribution >= 4 is 5.78 Å². The van der Waals surface area contributed by atoms with E-state index in [1.807, 2.05) is 0 Å². The summed E-state index contributed by atoms with van der Waals surface area (Å²) in [6, 6.07) is 0. The molecule has 0 saturated heterocycles. The highest BCUT2D eigenvalue weighted by Gasteiger charge is 1.93. The second-order valence-corrected chi connectivity index (χ2v) is 3.02. The maximum Gasteiger partial charge on any atom is 0.126 e. The maximum absolute atomic E-state index is 9.44. The Bertz CT molecular complexity index is 103. The Labute approximate surface area is 85.0 Å². The Balaban J connectivity index is -0.000000135. The van der Waals surface area contributed by atoms with Crippen molar-refractivity contribution in [3.63, 3.8) is 0 Å². The largest absolute Gasteiger partial charge is 0.394 e. The molecule has 0 bridgehead atoms. The first-order valence-corrected chi connectivity index (χ1v) is 4.32. The van der Waals surface area contributed by atoms with Crippen molar-refractivity contribution in [3.05, 3.63) is 0 Å². The molecule has 4 N–H and O–H groups in total. The van der Waals surface area contributed by atoms with Gasteiger partial charge in [-0.2, -0.15) is 0 Å². The van der Waals surface area contributed by atoms with E-state index in [0.717, 1.165) is 0 Å². The van der Waals surface area contributed by atoms with Crippen molar-refractivity contribution < 1.29 is 25.2 Å². The third-order valence-corrected chi connectivity index (χ3v) is 0.421. The lowest BCUT2D eigenvalue weighted by molar-refractivity contribution is -0.114. The van der Waals surface area contributed by atoms with Gasteiger partial charge in [0.2, 0.25) is 0 Å². The van der Waals surface area contributed by atoms with Crippen LogP contribution in [0.25, 0.3) is 0 Å². The van der Waals surface area contributed by atoms with Crippen LogP contribution in [0.2, 0.25) is 0 Å². The molecule has 0 aromatic heterocycles. The van der Waals surface area contributed by atoms with E-state index in [9.17, 15) is 4.79 Å². The van der Waals surface area contributed by atoms with Crippen molar-refractivity contribution in [3.8, 4) is 0 Å². The molecule has 0 aromatic rings. The van der Waals surface area contributed by atoms with Crippen LogP contribution in [0, 0.1) is 0 Å². The summed E-state index contributed by atoms with van der Waals surface area (Å²) in [5.41, 5.74) is 0. The second kappa shape index (κ2) is 15.0. The summed E-state index contributed by atoms with van der Waals surface area (Å²) in [7, 11) is 0. The van der Waals surface area contributed by atoms with Gasteiger partial charge in [-0.3, -0.25) is 0 Å². The van der Waals surface area contributed by atoms with Crippen LogP contribution in [0.1, 0.15) is 27.7 Å². The number of hydrogen-bond acceptors (Lipinski definition) is 5. The van der Waals surface area contributed by atoms with Crippen molar-refractivity contribution in [1.82, 2.24) is 0 Å². The summed E-state index contributed by atoms with van der Waals surface area (Å²) in [6.07, 6.45) is -1.12. The fourth-order valence-corrected chi connectivity index (χ4v) is 0.0577. The molecular formula is C9H22O5. The summed E-state index contributed by atoms with van der Waals surface area (Å²) >= 11 is 0. The van der Waals surface area contributed by atoms with Crippen LogP contribution in [-0.4, -0.2) is 51.6 Å². The van der Waals surface area contributed by atoms with Gasteiger partial charge in [-0.25, -0.2) is 0 Å². The summed E-state index contributed by atoms with van der Waals surface area (Å²) < 4.78 is 0. The van der Waals surface area contributed by atoms with E-state index < -0.39 is 6.10 Å². The van der Waals surface area contributed by atoms with Crippen molar-refractivity contribution in [2.75, 3.05) is 13.2 Å². The van der Waals surface area contributed by atoms with Crippen LogP contribution < -0.4 is 0 Å². The summed E-state index contributed by atoms with van der Waals surface area (Å²) in [5, 5.41) is 32.1. The van der Waals surface area contributed by atoms with E-state index in [4.69, 9.17) is 20.4 Å². The van der Waals surface area contributed by atoms with Crippen LogP contribution in [0.4, 0.5) is 0 Å². The van der Waals surface area contributed by atoms with Gasteiger partial charge in [-0.05, 0) is 27.7 Å². The first kappa shape index (κ1) is 19.1. The third-order valence-electron chi connectivity index (χ3n) is 0.421. The van der Waals surface area contributed by atoms with Crippen LogP contribution in [0.3, 0.4) is 0 Å². The van der Waals surface area contributed by atoms with Gasteiger partial charge in [-0.1, -0.05) is 0 Å². The lowest BCUT2D eigenvalue weighted by Crippen LogP contribution is -2.15. The number of rotatable bonds is 2. The number of hydrogen-bond donors (Lipinski definition) is 4. The molecule has 88 valence electrons. The van der Waals surface area contributed by atoms with Gasteiger partial charge in [0.05, 0.1) is 13.2 Å². The molecular weight excluding hydrogens is 188 g/mol. The van der Waals surface area contributed by atoms with E-state index in [1.165, 1.54) is 13.8 Å². The highest BCUT2D eigenvalue weighted by atomic mass is 16.3. The Kier molecular flexibility index (Phi) is 20.5. The monoisotopic (exact) mass is 210 g/mol. The van der Waals surface area contributed by atoms with E-state index in [2.05, 4.69) is 0 Å². The average molecular weight is 210 g/mol. The number of ketones is 1. The normalized spacial score (nSPS) is 8.71. The summed E-state index contributed by atoms with van der Waals surface area (Å²) in [6.45, 7) is 5.77. The van der Waals surface area contributed by atoms with Crippen molar-refractivity contribution in [2.45, 2.75) is 39.9 Å². The average Bonchev–Trinajstić information content (AvgIpc) is 2.01. The van der Waals surface area contributed by atoms with Crippen LogP contribution in [0.5, 0.6) is 0 Å². The van der Waals surface area contributed by atoms with Crippen molar-refractivity contribution in [2.24, 2.45) is 0 Å². The Morgan fingerprint density at radius 3 is 1.21 bits per heavy atom. The zero-order valence-electron chi connectivity index (χ0n) is 9.27. The minimum atomic E-state index is -0.954. The fourth-order valence-electron chi connectivity index (χ4n) is 0.0577. The molecule has 0 unspecified atom stereocenters. The van der Waals surface area contributed by atoms with Crippen LogP contribution >= 0.6 is 0 Å². The fraction of sp³-hybridized carbons (Fsp3) is 0.889. The van der Waals surface area contributed by atoms with Gasteiger partial charge in [-0.15, -0.1) is 0 Å². The second-order valence-electron chi connectivity index (χ2n) is 3.02. The first-order valence-electron chi connectivity index (χ1n) is 4.32. The minimum absolute atomic E-state index is 0.167. The van der Waals surface area contributed by atoms with Gasteiger partial charge in [0.1, 0.15) is 11.9 Å². The maximum atomic E-state index is 9.44. The molecule has 0 saturated carbocycles. The Morgan fingerprint density at radius 2 is 1.21 bits per heavy atom. The smallest absolute Gasteiger partial charge is 0.126 e. The summed E-state index contributed by atoms with van der Waals surface area (Å²) in [5.74, 6) is 0.167. The molecule has 0 heterocycles. The van der Waals surface area contributed by atoms with Crippen LogP contribution in [0.15, 0.2) is 0 Å². The number of carbonyl (C=O) groups is 1. The van der Waals surface area contributed by atoms with Crippen molar-refractivity contribution in [1.29, 1.82) is 0 Å². The first-order chi connectivity index (χ1) is 6.27. The molecule has 5 heteroatoms. The molecule has 0 rings (SSSR count). The quantitative estimate of drug-likeness (QED) is 0.484. The number of carbonyl (C=O) groups excluding carboxylic acids is 1. The molecule has 0 aliphatic carbocycles. The van der Waals surface area contributed by atoms with E-state index >= 15 is 0 Å². The zero-order valence-corrected chi connectivity index (χ0v) is 9.27. The Hall–Kier alpha value is -0.490. The molecule has 0 atom stereocenters. The molecule has 0 aromatic carbocycles. The highest BCUT2D eigenvalue weighted by Crippen LogP contribution is 1.71. The summed E-state index contributed by atoms with van der Waals surface area (Å²) in [4.78, 5) is 9.44. The lowest BCUT2D eigenvalue weighted by atomic mass is 10.4. The van der Waals surface area contributed by atoms with Gasteiger partial charge in [0, 0.05) is 6.10 Å². The zero-order chi connectivity index (χ0) is 12.1.